The molecule has 2 heterocycles. The van der Waals surface area contributed by atoms with Gasteiger partial charge < -0.3 is 4.98 Å². The summed E-state index contributed by atoms with van der Waals surface area (Å²) < 4.78 is 1.11. The Hall–Kier alpha value is -0.740. The summed E-state index contributed by atoms with van der Waals surface area (Å²) in [5.74, 6) is 7.18. The Bertz CT molecular complexity index is 737. The van der Waals surface area contributed by atoms with Gasteiger partial charge in [-0.2, -0.15) is 0 Å². The maximum Gasteiger partial charge on any atom is 0.109 e. The van der Waals surface area contributed by atoms with Crippen LogP contribution >= 0.6 is 26.0 Å². The summed E-state index contributed by atoms with van der Waals surface area (Å²) in [6.45, 7) is 7.12. The molecular formula is C23H35BrN2S. The van der Waals surface area contributed by atoms with Gasteiger partial charge in [-0.15, -0.1) is 0 Å². The van der Waals surface area contributed by atoms with Gasteiger partial charge in [0.1, 0.15) is 5.82 Å². The standard InChI is InChI=1S/C23H35BrN2S/c1-6-16(2)11-19-14-27(4,5)15-20(19)12-17(3)23-25-13-22(26-23)18-7-9-21(24)10-8-18/h7-10,13,16-17,19-20H,6,11-12,14-15H2,1-5H3,(H,25,26). The number of halogens is 1. The fourth-order valence-electron chi connectivity index (χ4n) is 4.63. The van der Waals surface area contributed by atoms with Crippen molar-refractivity contribution in [2.24, 2.45) is 17.8 Å². The van der Waals surface area contributed by atoms with Crippen molar-refractivity contribution in [3.63, 3.8) is 0 Å². The molecule has 4 atom stereocenters. The van der Waals surface area contributed by atoms with E-state index in [1.807, 2.05) is 6.20 Å². The van der Waals surface area contributed by atoms with Crippen molar-refractivity contribution in [2.75, 3.05) is 24.0 Å². The lowest BCUT2D eigenvalue weighted by atomic mass is 9.82. The highest BCUT2D eigenvalue weighted by atomic mass is 79.9. The number of nitrogens with one attached hydrogen (secondary N) is 1. The van der Waals surface area contributed by atoms with Gasteiger partial charge in [0, 0.05) is 10.4 Å². The highest BCUT2D eigenvalue weighted by Crippen LogP contribution is 2.55. The third-order valence-electron chi connectivity index (χ3n) is 6.27. The summed E-state index contributed by atoms with van der Waals surface area (Å²) in [5, 5.41) is 0. The molecule has 1 fully saturated rings. The summed E-state index contributed by atoms with van der Waals surface area (Å²) in [5.41, 5.74) is 2.32. The van der Waals surface area contributed by atoms with E-state index in [0.29, 0.717) is 5.92 Å². The first kappa shape index (κ1) is 21.0. The molecule has 2 nitrogen and oxygen atoms in total. The quantitative estimate of drug-likeness (QED) is 0.479. The van der Waals surface area contributed by atoms with Gasteiger partial charge in [-0.1, -0.05) is 55.3 Å². The first-order chi connectivity index (χ1) is 12.8. The molecule has 0 spiro atoms. The van der Waals surface area contributed by atoms with Crippen molar-refractivity contribution in [2.45, 2.75) is 46.0 Å². The minimum Gasteiger partial charge on any atom is -0.342 e. The number of rotatable bonds is 7. The topological polar surface area (TPSA) is 28.7 Å². The third-order valence-corrected chi connectivity index (χ3v) is 9.46. The second-order valence-corrected chi connectivity index (χ2v) is 14.3. The lowest BCUT2D eigenvalue weighted by Gasteiger charge is -2.25. The average Bonchev–Trinajstić information content (AvgIpc) is 3.20. The fraction of sp³-hybridized carbons (Fsp3) is 0.609. The second kappa shape index (κ2) is 8.73. The van der Waals surface area contributed by atoms with Crippen molar-refractivity contribution in [1.29, 1.82) is 0 Å². The number of hydrogen-bond donors (Lipinski definition) is 1. The monoisotopic (exact) mass is 450 g/mol. The molecule has 0 aliphatic carbocycles. The van der Waals surface area contributed by atoms with Crippen LogP contribution in [-0.2, 0) is 0 Å². The van der Waals surface area contributed by atoms with Crippen molar-refractivity contribution in [3.8, 4) is 11.3 Å². The van der Waals surface area contributed by atoms with E-state index in [1.54, 1.807) is 0 Å². The minimum absolute atomic E-state index is 0.403. The molecule has 2 aromatic rings. The molecule has 0 saturated carbocycles. The molecule has 1 aliphatic rings. The highest BCUT2D eigenvalue weighted by molar-refractivity contribution is 9.10. The van der Waals surface area contributed by atoms with E-state index in [0.717, 1.165) is 33.7 Å². The molecule has 150 valence electrons. The normalized spacial score (nSPS) is 25.3. The maximum atomic E-state index is 4.74. The smallest absolute Gasteiger partial charge is 0.109 e. The molecule has 4 unspecified atom stereocenters. The summed E-state index contributed by atoms with van der Waals surface area (Å²) >= 11 is 3.51. The van der Waals surface area contributed by atoms with Crippen LogP contribution in [0.3, 0.4) is 0 Å². The largest absolute Gasteiger partial charge is 0.342 e. The number of H-pyrrole nitrogens is 1. The Morgan fingerprint density at radius 2 is 1.74 bits per heavy atom. The Kier molecular flexibility index (Phi) is 6.79. The van der Waals surface area contributed by atoms with Gasteiger partial charge in [0.05, 0.1) is 11.9 Å². The molecule has 27 heavy (non-hydrogen) atoms. The summed E-state index contributed by atoms with van der Waals surface area (Å²) in [6, 6.07) is 8.44. The zero-order valence-electron chi connectivity index (χ0n) is 17.5. The van der Waals surface area contributed by atoms with Gasteiger partial charge >= 0.3 is 0 Å². The molecule has 1 aliphatic heterocycles. The van der Waals surface area contributed by atoms with E-state index in [-0.39, 0.29) is 0 Å². The van der Waals surface area contributed by atoms with Crippen LogP contribution in [0.2, 0.25) is 0 Å². The fourth-order valence-corrected chi connectivity index (χ4v) is 8.17. The van der Waals surface area contributed by atoms with Crippen LogP contribution in [0.15, 0.2) is 34.9 Å². The lowest BCUT2D eigenvalue weighted by molar-refractivity contribution is 0.304. The van der Waals surface area contributed by atoms with Crippen molar-refractivity contribution < 1.29 is 0 Å². The Labute approximate surface area is 175 Å². The Morgan fingerprint density at radius 3 is 2.37 bits per heavy atom. The highest BCUT2D eigenvalue weighted by Gasteiger charge is 2.37. The van der Waals surface area contributed by atoms with Crippen LogP contribution in [-0.4, -0.2) is 34.0 Å². The number of aromatic amines is 1. The van der Waals surface area contributed by atoms with E-state index >= 15 is 0 Å². The summed E-state index contributed by atoms with van der Waals surface area (Å²) in [7, 11) is -0.403. The molecule has 1 aromatic heterocycles. The van der Waals surface area contributed by atoms with Gasteiger partial charge in [0.15, 0.2) is 0 Å². The number of aromatic nitrogens is 2. The summed E-state index contributed by atoms with van der Waals surface area (Å²) in [4.78, 5) is 8.33. The molecule has 4 heteroatoms. The van der Waals surface area contributed by atoms with Gasteiger partial charge in [-0.3, -0.25) is 0 Å². The maximum absolute atomic E-state index is 4.74. The molecule has 0 radical (unpaired) electrons. The lowest BCUT2D eigenvalue weighted by Crippen LogP contribution is -2.18. The number of imidazole rings is 1. The van der Waals surface area contributed by atoms with Crippen molar-refractivity contribution >= 4 is 26.0 Å². The zero-order valence-corrected chi connectivity index (χ0v) is 19.9. The van der Waals surface area contributed by atoms with Gasteiger partial charge in [0.25, 0.3) is 0 Å². The van der Waals surface area contributed by atoms with Crippen LogP contribution in [0.25, 0.3) is 11.3 Å². The van der Waals surface area contributed by atoms with E-state index < -0.39 is 10.0 Å². The zero-order chi connectivity index (χ0) is 19.6. The van der Waals surface area contributed by atoms with Gasteiger partial charge in [0.2, 0.25) is 0 Å². The molecule has 1 aromatic carbocycles. The molecule has 1 saturated heterocycles. The average molecular weight is 452 g/mol. The van der Waals surface area contributed by atoms with E-state index in [9.17, 15) is 0 Å². The first-order valence-electron chi connectivity index (χ1n) is 10.3. The predicted octanol–water partition coefficient (Wildman–Crippen LogP) is 7.08. The Balaban J connectivity index is 1.68. The van der Waals surface area contributed by atoms with Gasteiger partial charge in [-0.25, -0.2) is 15.0 Å². The van der Waals surface area contributed by atoms with Crippen LogP contribution in [0.4, 0.5) is 0 Å². The van der Waals surface area contributed by atoms with Crippen LogP contribution < -0.4 is 0 Å². The predicted molar refractivity (Wildman–Crippen MR) is 125 cm³/mol. The van der Waals surface area contributed by atoms with E-state index in [4.69, 9.17) is 4.98 Å². The van der Waals surface area contributed by atoms with Crippen molar-refractivity contribution in [3.05, 3.63) is 40.8 Å². The molecule has 1 N–H and O–H groups in total. The molecular weight excluding hydrogens is 416 g/mol. The number of nitrogens with zero attached hydrogens (tertiary/aromatic N) is 1. The number of hydrogen-bond acceptors (Lipinski definition) is 1. The molecule has 0 bridgehead atoms. The van der Waals surface area contributed by atoms with E-state index in [1.165, 1.54) is 36.3 Å². The molecule has 3 rings (SSSR count). The second-order valence-electron chi connectivity index (χ2n) is 9.20. The van der Waals surface area contributed by atoms with Gasteiger partial charge in [-0.05, 0) is 72.3 Å². The van der Waals surface area contributed by atoms with Crippen molar-refractivity contribution in [1.82, 2.24) is 9.97 Å². The van der Waals surface area contributed by atoms with Crippen LogP contribution in [0.1, 0.15) is 51.8 Å². The minimum atomic E-state index is -0.403. The third kappa shape index (κ3) is 5.41. The molecule has 0 amide bonds. The first-order valence-corrected chi connectivity index (χ1v) is 13.8. The summed E-state index contributed by atoms with van der Waals surface area (Å²) in [6.07, 6.45) is 11.1. The van der Waals surface area contributed by atoms with E-state index in [2.05, 4.69) is 78.5 Å². The Morgan fingerprint density at radius 1 is 1.11 bits per heavy atom. The van der Waals surface area contributed by atoms with Crippen LogP contribution in [0, 0.1) is 17.8 Å². The SMILES string of the molecule is CCC(C)CC1CS(C)(C)CC1CC(C)c1ncc(-c2ccc(Br)cc2)[nH]1. The van der Waals surface area contributed by atoms with Crippen LogP contribution in [0.5, 0.6) is 0 Å². The number of benzene rings is 1.